The first-order chi connectivity index (χ1) is 12.0. The number of nitrogens with one attached hydrogen (secondary N) is 1. The van der Waals surface area contributed by atoms with Crippen LogP contribution in [0.4, 0.5) is 5.69 Å². The number of anilines is 1. The first kappa shape index (κ1) is 18.6. The molecule has 0 aromatic heterocycles. The van der Waals surface area contributed by atoms with Crippen molar-refractivity contribution in [1.29, 1.82) is 0 Å². The molecule has 0 amide bonds. The quantitative estimate of drug-likeness (QED) is 0.557. The zero-order valence-corrected chi connectivity index (χ0v) is 14.8. The molecule has 1 heterocycles. The summed E-state index contributed by atoms with van der Waals surface area (Å²) in [5.74, 6) is -1.43. The van der Waals surface area contributed by atoms with Crippen LogP contribution in [-0.4, -0.2) is 42.1 Å². The van der Waals surface area contributed by atoms with Crippen LogP contribution < -0.4 is 15.0 Å². The molecule has 2 N–H and O–H groups in total. The Morgan fingerprint density at radius 2 is 1.92 bits per heavy atom. The van der Waals surface area contributed by atoms with Gasteiger partial charge in [0, 0.05) is 24.8 Å². The van der Waals surface area contributed by atoms with E-state index in [0.29, 0.717) is 12.4 Å². The highest BCUT2D eigenvalue weighted by Gasteiger charge is 2.45. The van der Waals surface area contributed by atoms with Gasteiger partial charge in [-0.25, -0.2) is 4.79 Å². The van der Waals surface area contributed by atoms with Crippen molar-refractivity contribution < 1.29 is 19.4 Å². The minimum absolute atomic E-state index is 0.243. The molecule has 0 saturated heterocycles. The van der Waals surface area contributed by atoms with Gasteiger partial charge in [0.05, 0.1) is 12.2 Å². The fourth-order valence-electron chi connectivity index (χ4n) is 2.83. The van der Waals surface area contributed by atoms with Gasteiger partial charge in [-0.3, -0.25) is 4.79 Å². The van der Waals surface area contributed by atoms with Gasteiger partial charge in [0.25, 0.3) is 0 Å². The third-order valence-corrected chi connectivity index (χ3v) is 4.20. The number of rotatable bonds is 8. The largest absolute Gasteiger partial charge is 0.493 e. The number of ketones is 1. The highest BCUT2D eigenvalue weighted by Crippen LogP contribution is 2.30. The highest BCUT2D eigenvalue weighted by atomic mass is 16.5. The summed E-state index contributed by atoms with van der Waals surface area (Å²) in [4.78, 5) is 27.0. The molecular formula is C19H24N2O4. The van der Waals surface area contributed by atoms with Crippen LogP contribution in [0.25, 0.3) is 0 Å². The van der Waals surface area contributed by atoms with Crippen molar-refractivity contribution in [3.05, 3.63) is 48.2 Å². The Morgan fingerprint density at radius 3 is 2.44 bits per heavy atom. The number of aliphatic carboxylic acids is 1. The Hall–Kier alpha value is -2.76. The van der Waals surface area contributed by atoms with E-state index >= 15 is 0 Å². The van der Waals surface area contributed by atoms with Crippen molar-refractivity contribution in [3.8, 4) is 5.75 Å². The Labute approximate surface area is 147 Å². The van der Waals surface area contributed by atoms with Gasteiger partial charge >= 0.3 is 5.97 Å². The molecule has 0 bridgehead atoms. The number of carboxylic acids is 1. The predicted octanol–water partition coefficient (Wildman–Crippen LogP) is 2.61. The molecule has 25 heavy (non-hydrogen) atoms. The fraction of sp³-hybridized carbons (Fsp3) is 0.368. The Kier molecular flexibility index (Phi) is 5.85. The maximum Gasteiger partial charge on any atom is 0.341 e. The average Bonchev–Trinajstić information content (AvgIpc) is 2.63. The molecule has 0 radical (unpaired) electrons. The Bertz CT molecular complexity index is 707. The molecule has 134 valence electrons. The number of benzene rings is 1. The maximum absolute atomic E-state index is 13.1. The number of dihydropyridines is 1. The molecule has 1 atom stereocenters. The minimum atomic E-state index is -1.82. The third kappa shape index (κ3) is 3.52. The van der Waals surface area contributed by atoms with Crippen molar-refractivity contribution in [2.75, 3.05) is 24.6 Å². The lowest BCUT2D eigenvalue weighted by molar-refractivity contribution is -0.140. The number of ether oxygens (including phenoxy) is 1. The van der Waals surface area contributed by atoms with Gasteiger partial charge in [0.15, 0.2) is 0 Å². The summed E-state index contributed by atoms with van der Waals surface area (Å²) in [6, 6.07) is 5.25. The second kappa shape index (κ2) is 7.88. The number of carbonyl (C=O) groups excluding carboxylic acids is 1. The molecule has 0 aliphatic carbocycles. The van der Waals surface area contributed by atoms with Gasteiger partial charge in [-0.05, 0) is 51.3 Å². The van der Waals surface area contributed by atoms with E-state index in [-0.39, 0.29) is 5.56 Å². The normalized spacial score (nSPS) is 18.5. The number of carbonyl (C=O) groups is 2. The number of allylic oxidation sites excluding steroid dienone is 2. The lowest BCUT2D eigenvalue weighted by Gasteiger charge is -2.28. The number of hydrogen-bond acceptors (Lipinski definition) is 5. The van der Waals surface area contributed by atoms with E-state index in [1.807, 2.05) is 26.8 Å². The second-order valence-corrected chi connectivity index (χ2v) is 5.59. The zero-order valence-electron chi connectivity index (χ0n) is 14.8. The van der Waals surface area contributed by atoms with Crippen LogP contribution in [0, 0.1) is 0 Å². The standard InChI is InChI=1S/C19H24N2O4/c1-4-21(5-2)14-9-10-15(16(13-14)25-6-3)17(22)19(18(23)24)11-7-8-12-20-19/h7-13,20H,4-6H2,1-3H3,(H,23,24). The summed E-state index contributed by atoms with van der Waals surface area (Å²) in [7, 11) is 0. The molecule has 0 fully saturated rings. The van der Waals surface area contributed by atoms with Crippen molar-refractivity contribution in [3.63, 3.8) is 0 Å². The summed E-state index contributed by atoms with van der Waals surface area (Å²) in [6.07, 6.45) is 6.00. The van der Waals surface area contributed by atoms with Gasteiger partial charge in [0.2, 0.25) is 11.3 Å². The summed E-state index contributed by atoms with van der Waals surface area (Å²) < 4.78 is 5.64. The third-order valence-electron chi connectivity index (χ3n) is 4.20. The smallest absolute Gasteiger partial charge is 0.341 e. The summed E-state index contributed by atoms with van der Waals surface area (Å²) >= 11 is 0. The Morgan fingerprint density at radius 1 is 1.20 bits per heavy atom. The maximum atomic E-state index is 13.1. The van der Waals surface area contributed by atoms with E-state index in [2.05, 4.69) is 10.2 Å². The van der Waals surface area contributed by atoms with E-state index in [0.717, 1.165) is 18.8 Å². The van der Waals surface area contributed by atoms with Crippen LogP contribution in [0.5, 0.6) is 5.75 Å². The molecule has 2 rings (SSSR count). The molecule has 1 aliphatic rings. The minimum Gasteiger partial charge on any atom is -0.493 e. The Balaban J connectivity index is 2.49. The molecule has 1 aliphatic heterocycles. The average molecular weight is 344 g/mol. The molecule has 1 aromatic carbocycles. The van der Waals surface area contributed by atoms with E-state index in [9.17, 15) is 14.7 Å². The zero-order chi connectivity index (χ0) is 18.4. The van der Waals surface area contributed by atoms with Crippen molar-refractivity contribution in [1.82, 2.24) is 5.32 Å². The first-order valence-electron chi connectivity index (χ1n) is 8.42. The number of carboxylic acid groups (broad SMARTS) is 1. The van der Waals surface area contributed by atoms with Gasteiger partial charge < -0.3 is 20.1 Å². The van der Waals surface area contributed by atoms with Crippen molar-refractivity contribution in [2.45, 2.75) is 26.3 Å². The molecule has 6 nitrogen and oxygen atoms in total. The van der Waals surface area contributed by atoms with Gasteiger partial charge in [-0.15, -0.1) is 0 Å². The molecule has 1 unspecified atom stereocenters. The second-order valence-electron chi connectivity index (χ2n) is 5.59. The predicted molar refractivity (Wildman–Crippen MR) is 97.3 cm³/mol. The van der Waals surface area contributed by atoms with Crippen LogP contribution in [-0.2, 0) is 4.79 Å². The fourth-order valence-corrected chi connectivity index (χ4v) is 2.83. The molecule has 1 aromatic rings. The lowest BCUT2D eigenvalue weighted by atomic mass is 9.87. The van der Waals surface area contributed by atoms with Crippen molar-refractivity contribution >= 4 is 17.4 Å². The molecular weight excluding hydrogens is 320 g/mol. The molecule has 0 spiro atoms. The SMILES string of the molecule is CCOc1cc(N(CC)CC)ccc1C(=O)C1(C(=O)O)C=CC=CN1. The summed E-state index contributed by atoms with van der Waals surface area (Å²) in [6.45, 7) is 7.95. The van der Waals surface area contributed by atoms with E-state index in [1.165, 1.54) is 12.3 Å². The van der Waals surface area contributed by atoms with Crippen molar-refractivity contribution in [2.24, 2.45) is 0 Å². The van der Waals surface area contributed by atoms with Crippen LogP contribution in [0.15, 0.2) is 42.6 Å². The lowest BCUT2D eigenvalue weighted by Crippen LogP contribution is -2.55. The summed E-state index contributed by atoms with van der Waals surface area (Å²) in [5, 5.41) is 12.3. The number of Topliss-reactive ketones (excluding diaryl/α,β-unsaturated/α-hetero) is 1. The van der Waals surface area contributed by atoms with Crippen LogP contribution in [0.3, 0.4) is 0 Å². The molecule has 0 saturated carbocycles. The van der Waals surface area contributed by atoms with E-state index in [4.69, 9.17) is 4.74 Å². The first-order valence-corrected chi connectivity index (χ1v) is 8.42. The monoisotopic (exact) mass is 344 g/mol. The van der Waals surface area contributed by atoms with Gasteiger partial charge in [-0.1, -0.05) is 6.08 Å². The summed E-state index contributed by atoms with van der Waals surface area (Å²) in [5.41, 5.74) is -0.647. The van der Waals surface area contributed by atoms with Crippen LogP contribution in [0.1, 0.15) is 31.1 Å². The van der Waals surface area contributed by atoms with Gasteiger partial charge in [-0.2, -0.15) is 0 Å². The van der Waals surface area contributed by atoms with E-state index < -0.39 is 17.3 Å². The topological polar surface area (TPSA) is 78.9 Å². The molecule has 6 heteroatoms. The highest BCUT2D eigenvalue weighted by molar-refractivity contribution is 6.19. The number of hydrogen-bond donors (Lipinski definition) is 2. The van der Waals surface area contributed by atoms with Crippen LogP contribution in [0.2, 0.25) is 0 Å². The number of nitrogens with zero attached hydrogens (tertiary/aromatic N) is 1. The van der Waals surface area contributed by atoms with Gasteiger partial charge in [0.1, 0.15) is 5.75 Å². The van der Waals surface area contributed by atoms with Crippen LogP contribution >= 0.6 is 0 Å². The van der Waals surface area contributed by atoms with E-state index in [1.54, 1.807) is 24.3 Å².